The highest BCUT2D eigenvalue weighted by molar-refractivity contribution is 6.06. The Morgan fingerprint density at radius 1 is 1.19 bits per heavy atom. The highest BCUT2D eigenvalue weighted by Gasteiger charge is 2.44. The van der Waals surface area contributed by atoms with Gasteiger partial charge in [-0.3, -0.25) is 9.59 Å². The lowest BCUT2D eigenvalue weighted by atomic mass is 9.81. The van der Waals surface area contributed by atoms with Gasteiger partial charge in [-0.2, -0.15) is 0 Å². The third-order valence-corrected chi connectivity index (χ3v) is 5.64. The maximum Gasteiger partial charge on any atom is 0.308 e. The summed E-state index contributed by atoms with van der Waals surface area (Å²) in [6, 6.07) is 7.12. The molecule has 2 aromatic carbocycles. The van der Waals surface area contributed by atoms with E-state index in [2.05, 4.69) is 0 Å². The summed E-state index contributed by atoms with van der Waals surface area (Å²) in [6.45, 7) is 7.53. The Kier molecular flexibility index (Phi) is 5.48. The Hall–Kier alpha value is -3.28. The fourth-order valence-corrected chi connectivity index (χ4v) is 4.15. The van der Waals surface area contributed by atoms with Crippen molar-refractivity contribution < 1.29 is 28.5 Å². The zero-order valence-corrected chi connectivity index (χ0v) is 18.4. The van der Waals surface area contributed by atoms with Crippen LogP contribution in [0.25, 0.3) is 0 Å². The first-order valence-electron chi connectivity index (χ1n) is 10.3. The largest absolute Gasteiger partial charge is 0.496 e. The lowest BCUT2D eigenvalue weighted by Gasteiger charge is -2.38. The third-order valence-electron chi connectivity index (χ3n) is 5.64. The number of fused-ring (bicyclic) bond motifs is 4. The summed E-state index contributed by atoms with van der Waals surface area (Å²) in [4.78, 5) is 25.2. The van der Waals surface area contributed by atoms with Gasteiger partial charge in [0.1, 0.15) is 35.7 Å². The van der Waals surface area contributed by atoms with Gasteiger partial charge in [-0.05, 0) is 57.0 Å². The summed E-state index contributed by atoms with van der Waals surface area (Å²) in [5, 5.41) is 0. The van der Waals surface area contributed by atoms with Gasteiger partial charge < -0.3 is 18.9 Å². The fourth-order valence-electron chi connectivity index (χ4n) is 4.15. The van der Waals surface area contributed by atoms with E-state index in [-0.39, 0.29) is 12.4 Å². The van der Waals surface area contributed by atoms with Gasteiger partial charge in [0.25, 0.3) is 0 Å². The number of Topliss-reactive ketones (excluding diaryl/α,β-unsaturated/α-hetero) is 1. The van der Waals surface area contributed by atoms with E-state index in [0.717, 1.165) is 16.7 Å². The van der Waals surface area contributed by atoms with E-state index in [0.29, 0.717) is 40.5 Å². The van der Waals surface area contributed by atoms with E-state index in [4.69, 9.17) is 18.9 Å². The summed E-state index contributed by atoms with van der Waals surface area (Å²) in [6.07, 6.45) is 2.03. The molecule has 2 aliphatic heterocycles. The number of hydrogen-bond acceptors (Lipinski definition) is 6. The molecule has 0 amide bonds. The van der Waals surface area contributed by atoms with Gasteiger partial charge in [-0.1, -0.05) is 11.6 Å². The molecule has 162 valence electrons. The predicted octanol–water partition coefficient (Wildman–Crippen LogP) is 4.56. The van der Waals surface area contributed by atoms with Crippen LogP contribution in [0.4, 0.5) is 0 Å². The predicted molar refractivity (Wildman–Crippen MR) is 116 cm³/mol. The quantitative estimate of drug-likeness (QED) is 0.409. The van der Waals surface area contributed by atoms with E-state index < -0.39 is 18.0 Å². The van der Waals surface area contributed by atoms with Crippen LogP contribution >= 0.6 is 0 Å². The van der Waals surface area contributed by atoms with E-state index in [1.54, 1.807) is 19.2 Å². The number of allylic oxidation sites excluding steroid dienone is 2. The molecule has 2 aliphatic rings. The number of ketones is 1. The number of ether oxygens (including phenoxy) is 4. The number of rotatable bonds is 4. The molecule has 6 heteroatoms. The molecular formula is C25H26O6. The molecule has 2 heterocycles. The summed E-state index contributed by atoms with van der Waals surface area (Å²) >= 11 is 0. The van der Waals surface area contributed by atoms with Crippen LogP contribution in [0.3, 0.4) is 0 Å². The number of benzene rings is 2. The highest BCUT2D eigenvalue weighted by atomic mass is 16.5. The van der Waals surface area contributed by atoms with Crippen molar-refractivity contribution in [2.75, 3.05) is 13.7 Å². The van der Waals surface area contributed by atoms with Gasteiger partial charge in [-0.25, -0.2) is 0 Å². The second-order valence-electron chi connectivity index (χ2n) is 8.17. The van der Waals surface area contributed by atoms with Crippen molar-refractivity contribution in [3.8, 4) is 23.0 Å². The SMILES string of the molecule is COc1cc2c(cc1C)OC[C@H]1Oc3c(ccc(OC(C)=O)c3CC=C(C)C)C(=O)[C@@H]21. The zero-order chi connectivity index (χ0) is 22.3. The molecule has 0 aromatic heterocycles. The maximum absolute atomic E-state index is 13.6. The second kappa shape index (κ2) is 8.10. The smallest absolute Gasteiger partial charge is 0.308 e. The molecule has 0 unspecified atom stereocenters. The van der Waals surface area contributed by atoms with Crippen molar-refractivity contribution in [2.45, 2.75) is 46.1 Å². The molecule has 0 spiro atoms. The van der Waals surface area contributed by atoms with Gasteiger partial charge in [0.2, 0.25) is 0 Å². The fraction of sp³-hybridized carbons (Fsp3) is 0.360. The van der Waals surface area contributed by atoms with E-state index in [9.17, 15) is 9.59 Å². The molecule has 4 rings (SSSR count). The molecule has 0 saturated carbocycles. The van der Waals surface area contributed by atoms with Crippen molar-refractivity contribution in [1.29, 1.82) is 0 Å². The van der Waals surface area contributed by atoms with Crippen LogP contribution in [-0.2, 0) is 11.2 Å². The van der Waals surface area contributed by atoms with E-state index in [1.165, 1.54) is 6.92 Å². The lowest BCUT2D eigenvalue weighted by molar-refractivity contribution is -0.131. The van der Waals surface area contributed by atoms with Crippen LogP contribution in [0, 0.1) is 6.92 Å². The molecule has 31 heavy (non-hydrogen) atoms. The van der Waals surface area contributed by atoms with Crippen molar-refractivity contribution in [2.24, 2.45) is 0 Å². The van der Waals surface area contributed by atoms with Crippen LogP contribution < -0.4 is 18.9 Å². The molecule has 0 radical (unpaired) electrons. The van der Waals surface area contributed by atoms with Crippen LogP contribution in [0.5, 0.6) is 23.0 Å². The Morgan fingerprint density at radius 3 is 2.65 bits per heavy atom. The molecule has 0 saturated heterocycles. The number of hydrogen-bond donors (Lipinski definition) is 0. The first-order valence-corrected chi connectivity index (χ1v) is 10.3. The summed E-state index contributed by atoms with van der Waals surface area (Å²) in [7, 11) is 1.61. The molecule has 0 aliphatic carbocycles. The molecule has 2 aromatic rings. The standard InChI is InChI=1S/C25H26O6/c1-13(2)6-7-16-19(30-15(4)26)9-8-17-24(27)23-18-11-20(28-5)14(3)10-21(18)29-12-22(23)31-25(16)17/h6,8-11,22-23H,7,12H2,1-5H3/t22-,23+/m1/s1. The van der Waals surface area contributed by atoms with Crippen LogP contribution in [0.1, 0.15) is 53.7 Å². The third kappa shape index (κ3) is 3.78. The highest BCUT2D eigenvalue weighted by Crippen LogP contribution is 2.47. The Labute approximate surface area is 181 Å². The Bertz CT molecular complexity index is 1090. The molecule has 0 N–H and O–H groups in total. The minimum Gasteiger partial charge on any atom is -0.496 e. The van der Waals surface area contributed by atoms with Gasteiger partial charge in [0, 0.05) is 18.1 Å². The number of esters is 1. The lowest BCUT2D eigenvalue weighted by Crippen LogP contribution is -2.43. The van der Waals surface area contributed by atoms with Gasteiger partial charge in [-0.15, -0.1) is 0 Å². The van der Waals surface area contributed by atoms with E-state index >= 15 is 0 Å². The normalized spacial score (nSPS) is 18.5. The minimum atomic E-state index is -0.485. The molecule has 2 atom stereocenters. The van der Waals surface area contributed by atoms with Crippen molar-refractivity contribution in [3.63, 3.8) is 0 Å². The zero-order valence-electron chi connectivity index (χ0n) is 18.4. The van der Waals surface area contributed by atoms with Crippen LogP contribution in [-0.4, -0.2) is 31.6 Å². The topological polar surface area (TPSA) is 71.1 Å². The molecule has 6 nitrogen and oxygen atoms in total. The van der Waals surface area contributed by atoms with Crippen LogP contribution in [0.15, 0.2) is 35.9 Å². The number of carbonyl (C=O) groups excluding carboxylic acids is 2. The number of methoxy groups -OCH3 is 1. The summed E-state index contributed by atoms with van der Waals surface area (Å²) in [5.41, 5.74) is 4.00. The first-order chi connectivity index (χ1) is 14.8. The van der Waals surface area contributed by atoms with Gasteiger partial charge in [0.15, 0.2) is 5.78 Å². The van der Waals surface area contributed by atoms with E-state index in [1.807, 2.05) is 39.0 Å². The van der Waals surface area contributed by atoms with Crippen molar-refractivity contribution >= 4 is 11.8 Å². The first kappa shape index (κ1) is 21.0. The van der Waals surface area contributed by atoms with Gasteiger partial charge >= 0.3 is 5.97 Å². The number of aryl methyl sites for hydroxylation is 1. The summed E-state index contributed by atoms with van der Waals surface area (Å²) < 4.78 is 23.2. The monoisotopic (exact) mass is 422 g/mol. The second-order valence-corrected chi connectivity index (χ2v) is 8.17. The van der Waals surface area contributed by atoms with Crippen molar-refractivity contribution in [3.05, 3.63) is 58.2 Å². The van der Waals surface area contributed by atoms with Crippen molar-refractivity contribution in [1.82, 2.24) is 0 Å². The van der Waals surface area contributed by atoms with Gasteiger partial charge in [0.05, 0.1) is 18.6 Å². The minimum absolute atomic E-state index is 0.0328. The molecular weight excluding hydrogens is 396 g/mol. The Balaban J connectivity index is 1.82. The summed E-state index contributed by atoms with van der Waals surface area (Å²) in [5.74, 6) is 1.32. The van der Waals surface area contributed by atoms with Crippen LogP contribution in [0.2, 0.25) is 0 Å². The average molecular weight is 422 g/mol. The number of carbonyl (C=O) groups is 2. The maximum atomic E-state index is 13.6. The molecule has 0 fully saturated rings. The average Bonchev–Trinajstić information content (AvgIpc) is 2.71. The molecule has 0 bridgehead atoms. The Morgan fingerprint density at radius 2 is 1.97 bits per heavy atom.